The van der Waals surface area contributed by atoms with Crippen LogP contribution in [0, 0.1) is 0 Å². The van der Waals surface area contributed by atoms with E-state index in [-0.39, 0.29) is 11.3 Å². The highest BCUT2D eigenvalue weighted by Gasteiger charge is 2.11. The van der Waals surface area contributed by atoms with Crippen molar-refractivity contribution in [2.24, 2.45) is 0 Å². The number of pyridine rings is 1. The van der Waals surface area contributed by atoms with Crippen molar-refractivity contribution in [3.8, 4) is 11.5 Å². The van der Waals surface area contributed by atoms with Crippen molar-refractivity contribution in [1.29, 1.82) is 0 Å². The van der Waals surface area contributed by atoms with E-state index >= 15 is 0 Å². The molecular weight excluding hydrogens is 268 g/mol. The molecule has 1 heterocycles. The average molecular weight is 279 g/mol. The molecule has 0 atom stereocenters. The molecule has 0 aliphatic carbocycles. The van der Waals surface area contributed by atoms with Crippen LogP contribution in [0.2, 0.25) is 5.02 Å². The molecule has 1 aromatic carbocycles. The van der Waals surface area contributed by atoms with Crippen LogP contribution in [0.5, 0.6) is 11.5 Å². The summed E-state index contributed by atoms with van der Waals surface area (Å²) in [5, 5.41) is 12.4. The first-order valence-corrected chi connectivity index (χ1v) is 5.77. The fraction of sp³-hybridized carbons (Fsp3) is 0.0769. The van der Waals surface area contributed by atoms with Gasteiger partial charge in [0.15, 0.2) is 0 Å². The van der Waals surface area contributed by atoms with Crippen LogP contribution in [0.4, 0.5) is 5.69 Å². The lowest BCUT2D eigenvalue weighted by molar-refractivity contribution is 0.102. The van der Waals surface area contributed by atoms with Gasteiger partial charge in [-0.2, -0.15) is 0 Å². The highest BCUT2D eigenvalue weighted by atomic mass is 35.5. The van der Waals surface area contributed by atoms with Gasteiger partial charge in [0.25, 0.3) is 5.91 Å². The number of aromatic nitrogens is 1. The molecule has 98 valence electrons. The number of nitrogens with one attached hydrogen (secondary N) is 1. The molecular formula is C13H11ClN2O3. The molecule has 0 aliphatic rings. The lowest BCUT2D eigenvalue weighted by Gasteiger charge is -2.10. The number of ether oxygens (including phenoxy) is 1. The maximum absolute atomic E-state index is 12.0. The number of carbonyl (C=O) groups excluding carboxylic acids is 1. The van der Waals surface area contributed by atoms with Crippen LogP contribution in [0.3, 0.4) is 0 Å². The first-order chi connectivity index (χ1) is 9.10. The Morgan fingerprint density at radius 2 is 2.16 bits per heavy atom. The number of anilines is 1. The SMILES string of the molecule is COc1ccc(Cl)cc1NC(=O)c1cncc(O)c1. The molecule has 1 aromatic heterocycles. The standard InChI is InChI=1S/C13H11ClN2O3/c1-19-12-3-2-9(14)5-11(12)16-13(18)8-4-10(17)7-15-6-8/h2-7,17H,1H3,(H,16,18). The van der Waals surface area contributed by atoms with E-state index in [0.717, 1.165) is 0 Å². The van der Waals surface area contributed by atoms with Crippen molar-refractivity contribution in [1.82, 2.24) is 4.98 Å². The minimum absolute atomic E-state index is 0.0780. The normalized spacial score (nSPS) is 10.0. The molecule has 2 aromatic rings. The van der Waals surface area contributed by atoms with Gasteiger partial charge in [0.2, 0.25) is 0 Å². The summed E-state index contributed by atoms with van der Waals surface area (Å²) < 4.78 is 5.12. The van der Waals surface area contributed by atoms with Gasteiger partial charge in [-0.05, 0) is 24.3 Å². The van der Waals surface area contributed by atoms with Crippen molar-refractivity contribution in [2.45, 2.75) is 0 Å². The second-order valence-electron chi connectivity index (χ2n) is 3.73. The molecule has 0 radical (unpaired) electrons. The molecule has 0 unspecified atom stereocenters. The van der Waals surface area contributed by atoms with Gasteiger partial charge in [-0.1, -0.05) is 11.6 Å². The summed E-state index contributed by atoms with van der Waals surface area (Å²) in [6.45, 7) is 0. The number of nitrogens with zero attached hydrogens (tertiary/aromatic N) is 1. The Labute approximate surface area is 114 Å². The Balaban J connectivity index is 2.26. The van der Waals surface area contributed by atoms with Crippen molar-refractivity contribution in [3.05, 3.63) is 47.2 Å². The summed E-state index contributed by atoms with van der Waals surface area (Å²) in [6, 6.07) is 6.21. The number of carbonyl (C=O) groups is 1. The number of hydrogen-bond donors (Lipinski definition) is 2. The molecule has 0 saturated heterocycles. The second-order valence-corrected chi connectivity index (χ2v) is 4.17. The van der Waals surface area contributed by atoms with Crippen molar-refractivity contribution < 1.29 is 14.6 Å². The van der Waals surface area contributed by atoms with E-state index in [1.165, 1.54) is 25.6 Å². The lowest BCUT2D eigenvalue weighted by atomic mass is 10.2. The number of hydrogen-bond acceptors (Lipinski definition) is 4. The topological polar surface area (TPSA) is 71.5 Å². The van der Waals surface area contributed by atoms with Crippen LogP contribution >= 0.6 is 11.6 Å². The fourth-order valence-electron chi connectivity index (χ4n) is 1.52. The zero-order chi connectivity index (χ0) is 13.8. The van der Waals surface area contributed by atoms with Gasteiger partial charge in [-0.25, -0.2) is 0 Å². The molecule has 0 bridgehead atoms. The molecule has 0 fully saturated rings. The fourth-order valence-corrected chi connectivity index (χ4v) is 1.70. The van der Waals surface area contributed by atoms with Gasteiger partial charge in [-0.3, -0.25) is 9.78 Å². The van der Waals surface area contributed by atoms with Gasteiger partial charge in [0.1, 0.15) is 11.5 Å². The summed E-state index contributed by atoms with van der Waals surface area (Å²) in [6.07, 6.45) is 2.60. The average Bonchev–Trinajstić information content (AvgIpc) is 2.39. The molecule has 2 N–H and O–H groups in total. The molecule has 0 spiro atoms. The molecule has 19 heavy (non-hydrogen) atoms. The van der Waals surface area contributed by atoms with Crippen LogP contribution < -0.4 is 10.1 Å². The Hall–Kier alpha value is -2.27. The Morgan fingerprint density at radius 1 is 1.37 bits per heavy atom. The third-order valence-electron chi connectivity index (χ3n) is 2.40. The maximum atomic E-state index is 12.0. The number of benzene rings is 1. The number of methoxy groups -OCH3 is 1. The van der Waals surface area contributed by atoms with Crippen molar-refractivity contribution >= 4 is 23.2 Å². The van der Waals surface area contributed by atoms with E-state index in [1.807, 2.05) is 0 Å². The predicted molar refractivity (Wildman–Crippen MR) is 71.9 cm³/mol. The Morgan fingerprint density at radius 3 is 2.84 bits per heavy atom. The minimum Gasteiger partial charge on any atom is -0.506 e. The van der Waals surface area contributed by atoms with E-state index in [2.05, 4.69) is 10.3 Å². The third kappa shape index (κ3) is 3.14. The van der Waals surface area contributed by atoms with E-state index in [1.54, 1.807) is 18.2 Å². The third-order valence-corrected chi connectivity index (χ3v) is 2.63. The van der Waals surface area contributed by atoms with Gasteiger partial charge in [0.05, 0.1) is 24.6 Å². The van der Waals surface area contributed by atoms with Crippen molar-refractivity contribution in [2.75, 3.05) is 12.4 Å². The van der Waals surface area contributed by atoms with Crippen LogP contribution in [-0.4, -0.2) is 23.1 Å². The summed E-state index contributed by atoms with van der Waals surface area (Å²) in [4.78, 5) is 15.7. The molecule has 2 rings (SSSR count). The quantitative estimate of drug-likeness (QED) is 0.905. The molecule has 0 aliphatic heterocycles. The van der Waals surface area contributed by atoms with Crippen LogP contribution in [0.15, 0.2) is 36.7 Å². The zero-order valence-corrected chi connectivity index (χ0v) is 10.8. The summed E-state index contributed by atoms with van der Waals surface area (Å²) >= 11 is 5.87. The number of amides is 1. The van der Waals surface area contributed by atoms with E-state index < -0.39 is 5.91 Å². The summed E-state index contributed by atoms with van der Waals surface area (Å²) in [7, 11) is 1.49. The minimum atomic E-state index is -0.413. The Kier molecular flexibility index (Phi) is 3.87. The Bertz CT molecular complexity index is 617. The van der Waals surface area contributed by atoms with Crippen LogP contribution in [0.25, 0.3) is 0 Å². The number of rotatable bonds is 3. The molecule has 6 heteroatoms. The smallest absolute Gasteiger partial charge is 0.257 e. The van der Waals surface area contributed by atoms with Crippen molar-refractivity contribution in [3.63, 3.8) is 0 Å². The zero-order valence-electron chi connectivity index (χ0n) is 10.1. The highest BCUT2D eigenvalue weighted by molar-refractivity contribution is 6.31. The predicted octanol–water partition coefficient (Wildman–Crippen LogP) is 2.70. The van der Waals surface area contributed by atoms with E-state index in [0.29, 0.717) is 16.5 Å². The largest absolute Gasteiger partial charge is 0.506 e. The van der Waals surface area contributed by atoms with E-state index in [9.17, 15) is 9.90 Å². The molecule has 0 saturated carbocycles. The first kappa shape index (κ1) is 13.2. The van der Waals surface area contributed by atoms with Crippen LogP contribution in [0.1, 0.15) is 10.4 Å². The highest BCUT2D eigenvalue weighted by Crippen LogP contribution is 2.28. The van der Waals surface area contributed by atoms with Gasteiger partial charge in [-0.15, -0.1) is 0 Å². The van der Waals surface area contributed by atoms with Crippen LogP contribution in [-0.2, 0) is 0 Å². The summed E-state index contributed by atoms with van der Waals surface area (Å²) in [5.41, 5.74) is 0.686. The first-order valence-electron chi connectivity index (χ1n) is 5.39. The molecule has 5 nitrogen and oxygen atoms in total. The van der Waals surface area contributed by atoms with Gasteiger partial charge < -0.3 is 15.2 Å². The van der Waals surface area contributed by atoms with E-state index in [4.69, 9.17) is 16.3 Å². The number of halogens is 1. The summed E-state index contributed by atoms with van der Waals surface area (Å²) in [5.74, 6) is 0.000498. The second kappa shape index (κ2) is 5.58. The molecule has 1 amide bonds. The lowest BCUT2D eigenvalue weighted by Crippen LogP contribution is -2.12. The number of aromatic hydroxyl groups is 1. The van der Waals surface area contributed by atoms with Gasteiger partial charge >= 0.3 is 0 Å². The van der Waals surface area contributed by atoms with Gasteiger partial charge in [0, 0.05) is 11.2 Å². The monoisotopic (exact) mass is 278 g/mol. The maximum Gasteiger partial charge on any atom is 0.257 e.